The third kappa shape index (κ3) is 5.67. The Kier molecular flexibility index (Phi) is 6.84. The van der Waals surface area contributed by atoms with Crippen molar-refractivity contribution >= 4 is 0 Å². The Labute approximate surface area is 68.7 Å². The molecule has 0 unspecified atom stereocenters. The monoisotopic (exact) mass is 155 g/mol. The highest BCUT2D eigenvalue weighted by Crippen LogP contribution is 2.04. The van der Waals surface area contributed by atoms with E-state index in [-0.39, 0.29) is 0 Å². The minimum Gasteiger partial charge on any atom is -0.405 e. The molecule has 0 saturated carbocycles. The van der Waals surface area contributed by atoms with Gasteiger partial charge in [-0.25, -0.2) is 0 Å². The van der Waals surface area contributed by atoms with E-state index in [2.05, 4.69) is 6.92 Å². The highest BCUT2D eigenvalue weighted by atomic mass is 16.5. The maximum Gasteiger partial charge on any atom is 0.0676 e. The van der Waals surface area contributed by atoms with E-state index in [1.807, 2.05) is 12.2 Å². The van der Waals surface area contributed by atoms with Crippen LogP contribution < -0.4 is 5.73 Å². The average Bonchev–Trinajstić information content (AvgIpc) is 2.01. The van der Waals surface area contributed by atoms with Crippen molar-refractivity contribution < 1.29 is 4.74 Å². The molecule has 11 heavy (non-hydrogen) atoms. The van der Waals surface area contributed by atoms with Crippen LogP contribution in [0.15, 0.2) is 23.9 Å². The summed E-state index contributed by atoms with van der Waals surface area (Å²) in [7, 11) is 1.70. The summed E-state index contributed by atoms with van der Waals surface area (Å²) in [5, 5.41) is 0. The van der Waals surface area contributed by atoms with Crippen molar-refractivity contribution in [2.75, 3.05) is 13.7 Å². The van der Waals surface area contributed by atoms with Crippen LogP contribution in [0.1, 0.15) is 19.8 Å². The summed E-state index contributed by atoms with van der Waals surface area (Å²) < 4.78 is 5.01. The highest BCUT2D eigenvalue weighted by molar-refractivity contribution is 5.12. The van der Waals surface area contributed by atoms with Crippen molar-refractivity contribution in [2.24, 2.45) is 5.73 Å². The average molecular weight is 155 g/mol. The fourth-order valence-electron chi connectivity index (χ4n) is 0.902. The molecule has 0 aromatic heterocycles. The zero-order chi connectivity index (χ0) is 8.53. The van der Waals surface area contributed by atoms with Gasteiger partial charge in [0.25, 0.3) is 0 Å². The van der Waals surface area contributed by atoms with Gasteiger partial charge in [-0.2, -0.15) is 0 Å². The standard InChI is InChI=1S/C9H17NO/c1-3-5-9(8-11-2)6-4-7-10/h4,6-7H,3,5,8,10H2,1-2H3/b7-4-,9-6+. The van der Waals surface area contributed by atoms with Crippen LogP contribution >= 0.6 is 0 Å². The molecule has 0 rings (SSSR count). The van der Waals surface area contributed by atoms with Crippen molar-refractivity contribution in [3.8, 4) is 0 Å². The van der Waals surface area contributed by atoms with E-state index in [4.69, 9.17) is 10.5 Å². The number of hydrogen-bond donors (Lipinski definition) is 1. The van der Waals surface area contributed by atoms with Gasteiger partial charge in [-0.1, -0.05) is 19.4 Å². The Balaban J connectivity index is 3.85. The largest absolute Gasteiger partial charge is 0.405 e. The summed E-state index contributed by atoms with van der Waals surface area (Å²) in [6.07, 6.45) is 7.61. The zero-order valence-electron chi connectivity index (χ0n) is 7.34. The van der Waals surface area contributed by atoms with Crippen LogP contribution in [0.3, 0.4) is 0 Å². The number of rotatable bonds is 5. The highest BCUT2D eigenvalue weighted by Gasteiger charge is 1.91. The van der Waals surface area contributed by atoms with E-state index < -0.39 is 0 Å². The van der Waals surface area contributed by atoms with Crippen molar-refractivity contribution in [1.29, 1.82) is 0 Å². The Morgan fingerprint density at radius 1 is 1.55 bits per heavy atom. The van der Waals surface area contributed by atoms with E-state index in [0.717, 1.165) is 12.8 Å². The smallest absolute Gasteiger partial charge is 0.0676 e. The first-order valence-electron chi connectivity index (χ1n) is 3.90. The lowest BCUT2D eigenvalue weighted by atomic mass is 10.1. The second-order valence-electron chi connectivity index (χ2n) is 2.39. The van der Waals surface area contributed by atoms with Gasteiger partial charge in [0, 0.05) is 7.11 Å². The Morgan fingerprint density at radius 2 is 2.27 bits per heavy atom. The van der Waals surface area contributed by atoms with Crippen molar-refractivity contribution in [2.45, 2.75) is 19.8 Å². The molecule has 0 aliphatic heterocycles. The SMILES string of the molecule is CCC/C(=C\C=C/N)COC. The van der Waals surface area contributed by atoms with E-state index in [0.29, 0.717) is 6.61 Å². The summed E-state index contributed by atoms with van der Waals surface area (Å²) in [5.74, 6) is 0. The molecule has 0 amide bonds. The van der Waals surface area contributed by atoms with Gasteiger partial charge in [0.05, 0.1) is 6.61 Å². The third-order valence-corrected chi connectivity index (χ3v) is 1.34. The number of ether oxygens (including phenoxy) is 1. The molecule has 0 aromatic rings. The maximum atomic E-state index is 5.20. The number of hydrogen-bond acceptors (Lipinski definition) is 2. The summed E-state index contributed by atoms with van der Waals surface area (Å²) in [6, 6.07) is 0. The molecule has 0 aliphatic rings. The van der Waals surface area contributed by atoms with Gasteiger partial charge in [-0.15, -0.1) is 0 Å². The third-order valence-electron chi connectivity index (χ3n) is 1.34. The van der Waals surface area contributed by atoms with Crippen LogP contribution in [-0.2, 0) is 4.74 Å². The molecule has 0 fully saturated rings. The normalized spacial score (nSPS) is 12.7. The summed E-state index contributed by atoms with van der Waals surface area (Å²) in [5.41, 5.74) is 6.49. The summed E-state index contributed by atoms with van der Waals surface area (Å²) in [6.45, 7) is 2.86. The first-order valence-corrected chi connectivity index (χ1v) is 3.90. The van der Waals surface area contributed by atoms with Gasteiger partial charge in [-0.3, -0.25) is 0 Å². The molecule has 0 spiro atoms. The molecule has 0 atom stereocenters. The van der Waals surface area contributed by atoms with Gasteiger partial charge < -0.3 is 10.5 Å². The first-order chi connectivity index (χ1) is 5.35. The molecule has 2 heteroatoms. The van der Waals surface area contributed by atoms with Gasteiger partial charge in [-0.05, 0) is 24.3 Å². The predicted molar refractivity (Wildman–Crippen MR) is 48.2 cm³/mol. The van der Waals surface area contributed by atoms with Crippen LogP contribution in [0.2, 0.25) is 0 Å². The van der Waals surface area contributed by atoms with Crippen LogP contribution in [0.5, 0.6) is 0 Å². The quantitative estimate of drug-likeness (QED) is 0.615. The molecule has 2 N–H and O–H groups in total. The zero-order valence-corrected chi connectivity index (χ0v) is 7.34. The molecule has 0 aromatic carbocycles. The van der Waals surface area contributed by atoms with Crippen molar-refractivity contribution in [3.05, 3.63) is 23.9 Å². The van der Waals surface area contributed by atoms with E-state index in [9.17, 15) is 0 Å². The molecule has 64 valence electrons. The van der Waals surface area contributed by atoms with Gasteiger partial charge >= 0.3 is 0 Å². The lowest BCUT2D eigenvalue weighted by Crippen LogP contribution is -1.93. The van der Waals surface area contributed by atoms with Crippen LogP contribution in [0.25, 0.3) is 0 Å². The predicted octanol–water partition coefficient (Wildman–Crippen LogP) is 1.83. The minimum absolute atomic E-state index is 0.707. The number of methoxy groups -OCH3 is 1. The number of allylic oxidation sites excluding steroid dienone is 2. The second-order valence-corrected chi connectivity index (χ2v) is 2.39. The lowest BCUT2D eigenvalue weighted by molar-refractivity contribution is 0.223. The summed E-state index contributed by atoms with van der Waals surface area (Å²) >= 11 is 0. The second kappa shape index (κ2) is 7.35. The Bertz CT molecular complexity index is 130. The van der Waals surface area contributed by atoms with Gasteiger partial charge in [0.15, 0.2) is 0 Å². The van der Waals surface area contributed by atoms with Crippen LogP contribution in [-0.4, -0.2) is 13.7 Å². The van der Waals surface area contributed by atoms with E-state index in [1.54, 1.807) is 7.11 Å². The van der Waals surface area contributed by atoms with E-state index >= 15 is 0 Å². The minimum atomic E-state index is 0.707. The Hall–Kier alpha value is -0.760. The van der Waals surface area contributed by atoms with Crippen molar-refractivity contribution in [3.63, 3.8) is 0 Å². The number of nitrogens with two attached hydrogens (primary N) is 1. The van der Waals surface area contributed by atoms with Crippen LogP contribution in [0.4, 0.5) is 0 Å². The van der Waals surface area contributed by atoms with Gasteiger partial charge in [0.2, 0.25) is 0 Å². The molecule has 0 bridgehead atoms. The Morgan fingerprint density at radius 3 is 2.73 bits per heavy atom. The van der Waals surface area contributed by atoms with E-state index in [1.165, 1.54) is 11.8 Å². The topological polar surface area (TPSA) is 35.2 Å². The molecular formula is C9H17NO. The van der Waals surface area contributed by atoms with Crippen molar-refractivity contribution in [1.82, 2.24) is 0 Å². The molecule has 2 nitrogen and oxygen atoms in total. The lowest BCUT2D eigenvalue weighted by Gasteiger charge is -2.01. The molecular weight excluding hydrogens is 138 g/mol. The fraction of sp³-hybridized carbons (Fsp3) is 0.556. The molecule has 0 aliphatic carbocycles. The maximum absolute atomic E-state index is 5.20. The first kappa shape index (κ1) is 10.2. The van der Waals surface area contributed by atoms with Gasteiger partial charge in [0.1, 0.15) is 0 Å². The molecule has 0 saturated heterocycles. The summed E-state index contributed by atoms with van der Waals surface area (Å²) in [4.78, 5) is 0. The molecule has 0 heterocycles. The van der Waals surface area contributed by atoms with Crippen LogP contribution in [0, 0.1) is 0 Å². The molecule has 0 radical (unpaired) electrons. The fourth-order valence-corrected chi connectivity index (χ4v) is 0.902.